The molecule has 0 aliphatic rings. The van der Waals surface area contributed by atoms with Crippen LogP contribution in [-0.2, 0) is 13.0 Å². The molecule has 4 aromatic rings. The highest BCUT2D eigenvalue weighted by atomic mass is 19.4. The molecule has 2 N–H and O–H groups in total. The fraction of sp³-hybridized carbons (Fsp3) is 0.300. The Bertz CT molecular complexity index is 1590. The first kappa shape index (κ1) is 31.8. The second-order valence-corrected chi connectivity index (χ2v) is 9.65. The van der Waals surface area contributed by atoms with Gasteiger partial charge >= 0.3 is 6.18 Å². The molecule has 0 saturated heterocycles. The standard InChI is InChI=1S/C30H30F3N5O6/c1-19(39)24-11-12-26(25(27(24)40)13-14-30(31,32)33)44-16-4-15-43-23-6-3-5-21(17-23)34-29(41)28-35-36-37-38(28)18-20-7-9-22(42-2)10-8-20/h3,5-12,17,40H,4,13-16,18H2,1-2H3,(H,34,41). The van der Waals surface area contributed by atoms with E-state index in [4.69, 9.17) is 14.2 Å². The van der Waals surface area contributed by atoms with Gasteiger partial charge in [-0.15, -0.1) is 5.10 Å². The van der Waals surface area contributed by atoms with Gasteiger partial charge in [-0.05, 0) is 65.7 Å². The number of amides is 1. The highest BCUT2D eigenvalue weighted by Crippen LogP contribution is 2.35. The van der Waals surface area contributed by atoms with E-state index in [9.17, 15) is 27.9 Å². The Kier molecular flexibility index (Phi) is 10.4. The van der Waals surface area contributed by atoms with Gasteiger partial charge in [-0.1, -0.05) is 18.2 Å². The summed E-state index contributed by atoms with van der Waals surface area (Å²) in [6.07, 6.45) is -5.80. The van der Waals surface area contributed by atoms with Crippen molar-refractivity contribution < 1.29 is 42.1 Å². The monoisotopic (exact) mass is 613 g/mol. The van der Waals surface area contributed by atoms with E-state index in [0.717, 1.165) is 5.56 Å². The van der Waals surface area contributed by atoms with Crippen LogP contribution in [0.3, 0.4) is 0 Å². The highest BCUT2D eigenvalue weighted by molar-refractivity contribution is 6.01. The van der Waals surface area contributed by atoms with Gasteiger partial charge in [0, 0.05) is 30.2 Å². The maximum Gasteiger partial charge on any atom is 0.389 e. The molecule has 0 radical (unpaired) electrons. The average molecular weight is 614 g/mol. The number of tetrazole rings is 1. The summed E-state index contributed by atoms with van der Waals surface area (Å²) in [7, 11) is 1.57. The SMILES string of the molecule is COc1ccc(Cn2nnnc2C(=O)Nc2cccc(OCCCOc3ccc(C(C)=O)c(O)c3CCC(F)(F)F)c2)cc1. The molecule has 0 spiro atoms. The van der Waals surface area contributed by atoms with Gasteiger partial charge in [-0.25, -0.2) is 4.68 Å². The van der Waals surface area contributed by atoms with Crippen LogP contribution in [-0.4, -0.2) is 63.5 Å². The first-order valence-corrected chi connectivity index (χ1v) is 13.5. The molecular weight excluding hydrogens is 583 g/mol. The maximum absolute atomic E-state index is 12.9. The number of Topliss-reactive ketones (excluding diaryl/α,β-unsaturated/α-hetero) is 1. The Morgan fingerprint density at radius 1 is 1.00 bits per heavy atom. The molecule has 0 saturated carbocycles. The molecule has 0 atom stereocenters. The van der Waals surface area contributed by atoms with Crippen molar-refractivity contribution in [2.24, 2.45) is 0 Å². The number of ketones is 1. The lowest BCUT2D eigenvalue weighted by molar-refractivity contribution is -0.134. The van der Waals surface area contributed by atoms with Crippen molar-refractivity contribution in [1.82, 2.24) is 20.2 Å². The van der Waals surface area contributed by atoms with Crippen LogP contribution in [0.2, 0.25) is 0 Å². The third-order valence-electron chi connectivity index (χ3n) is 6.41. The molecule has 1 aromatic heterocycles. The number of nitrogens with one attached hydrogen (secondary N) is 1. The van der Waals surface area contributed by atoms with E-state index in [1.807, 2.05) is 12.1 Å². The molecule has 44 heavy (non-hydrogen) atoms. The zero-order valence-corrected chi connectivity index (χ0v) is 23.9. The molecule has 11 nitrogen and oxygen atoms in total. The van der Waals surface area contributed by atoms with Crippen LogP contribution in [0.5, 0.6) is 23.0 Å². The van der Waals surface area contributed by atoms with Crippen LogP contribution in [0.4, 0.5) is 18.9 Å². The Balaban J connectivity index is 1.30. The van der Waals surface area contributed by atoms with Crippen LogP contribution in [0.25, 0.3) is 0 Å². The number of halogens is 3. The Morgan fingerprint density at radius 2 is 1.75 bits per heavy atom. The number of ether oxygens (including phenoxy) is 3. The lowest BCUT2D eigenvalue weighted by Crippen LogP contribution is -2.19. The number of anilines is 1. The minimum Gasteiger partial charge on any atom is -0.507 e. The quantitative estimate of drug-likeness (QED) is 0.145. The number of aromatic nitrogens is 4. The molecule has 1 amide bonds. The molecule has 0 unspecified atom stereocenters. The summed E-state index contributed by atoms with van der Waals surface area (Å²) in [6.45, 7) is 1.75. The lowest BCUT2D eigenvalue weighted by Gasteiger charge is -2.16. The Morgan fingerprint density at radius 3 is 2.45 bits per heavy atom. The van der Waals surface area contributed by atoms with Crippen LogP contribution < -0.4 is 19.5 Å². The smallest absolute Gasteiger partial charge is 0.389 e. The zero-order valence-electron chi connectivity index (χ0n) is 23.9. The van der Waals surface area contributed by atoms with E-state index in [-0.39, 0.29) is 42.5 Å². The number of aromatic hydroxyl groups is 1. The number of benzene rings is 3. The Hall–Kier alpha value is -5.14. The fourth-order valence-corrected chi connectivity index (χ4v) is 4.20. The number of rotatable bonds is 14. The first-order chi connectivity index (χ1) is 21.0. The van der Waals surface area contributed by atoms with Crippen LogP contribution in [0.15, 0.2) is 60.7 Å². The molecule has 0 aliphatic heterocycles. The largest absolute Gasteiger partial charge is 0.507 e. The number of methoxy groups -OCH3 is 1. The minimum atomic E-state index is -4.44. The molecule has 0 fully saturated rings. The number of phenols is 1. The van der Waals surface area contributed by atoms with E-state index in [1.54, 1.807) is 43.5 Å². The third kappa shape index (κ3) is 8.69. The second-order valence-electron chi connectivity index (χ2n) is 9.65. The number of phenolic OH excluding ortho intramolecular Hbond substituents is 1. The summed E-state index contributed by atoms with van der Waals surface area (Å²) in [6, 6.07) is 16.6. The Labute approximate surface area is 250 Å². The van der Waals surface area contributed by atoms with Gasteiger partial charge in [0.25, 0.3) is 5.91 Å². The van der Waals surface area contributed by atoms with E-state index >= 15 is 0 Å². The van der Waals surface area contributed by atoms with Crippen molar-refractivity contribution in [3.8, 4) is 23.0 Å². The molecule has 0 bridgehead atoms. The predicted octanol–water partition coefficient (Wildman–Crippen LogP) is 5.23. The molecular formula is C30H30F3N5O6. The van der Waals surface area contributed by atoms with Gasteiger partial charge in [0.2, 0.25) is 5.82 Å². The summed E-state index contributed by atoms with van der Waals surface area (Å²) in [5, 5.41) is 24.5. The van der Waals surface area contributed by atoms with Gasteiger partial charge in [-0.2, -0.15) is 13.2 Å². The number of hydrogen-bond donors (Lipinski definition) is 2. The van der Waals surface area contributed by atoms with E-state index in [0.29, 0.717) is 23.6 Å². The van der Waals surface area contributed by atoms with Crippen molar-refractivity contribution in [1.29, 1.82) is 0 Å². The van der Waals surface area contributed by atoms with Crippen molar-refractivity contribution in [2.75, 3.05) is 25.6 Å². The highest BCUT2D eigenvalue weighted by Gasteiger charge is 2.29. The molecule has 3 aromatic carbocycles. The van der Waals surface area contributed by atoms with Crippen molar-refractivity contribution >= 4 is 17.4 Å². The zero-order chi connectivity index (χ0) is 31.7. The van der Waals surface area contributed by atoms with Crippen molar-refractivity contribution in [3.05, 3.63) is 83.2 Å². The van der Waals surface area contributed by atoms with Crippen LogP contribution >= 0.6 is 0 Å². The number of nitrogens with zero attached hydrogens (tertiary/aromatic N) is 4. The fourth-order valence-electron chi connectivity index (χ4n) is 4.20. The van der Waals surface area contributed by atoms with E-state index in [2.05, 4.69) is 20.8 Å². The molecule has 0 aliphatic carbocycles. The second kappa shape index (κ2) is 14.4. The maximum atomic E-state index is 12.9. The van der Waals surface area contributed by atoms with Crippen molar-refractivity contribution in [2.45, 2.75) is 38.9 Å². The van der Waals surface area contributed by atoms with Crippen LogP contribution in [0, 0.1) is 0 Å². The normalized spacial score (nSPS) is 11.2. The lowest BCUT2D eigenvalue weighted by atomic mass is 10.0. The summed E-state index contributed by atoms with van der Waals surface area (Å²) in [5.74, 6) is -0.264. The molecule has 232 valence electrons. The summed E-state index contributed by atoms with van der Waals surface area (Å²) in [5.41, 5.74) is 1.17. The number of hydrogen-bond acceptors (Lipinski definition) is 9. The van der Waals surface area contributed by atoms with Crippen LogP contribution in [0.1, 0.15) is 51.9 Å². The number of carbonyl (C=O) groups is 2. The summed E-state index contributed by atoms with van der Waals surface area (Å²) in [4.78, 5) is 24.6. The first-order valence-electron chi connectivity index (χ1n) is 13.5. The molecule has 4 rings (SSSR count). The topological polar surface area (TPSA) is 138 Å². The number of alkyl halides is 3. The summed E-state index contributed by atoms with van der Waals surface area (Å²) < 4.78 is 56.4. The van der Waals surface area contributed by atoms with E-state index in [1.165, 1.54) is 23.7 Å². The third-order valence-corrected chi connectivity index (χ3v) is 6.41. The van der Waals surface area contributed by atoms with Gasteiger partial charge in [-0.3, -0.25) is 9.59 Å². The average Bonchev–Trinajstić information content (AvgIpc) is 3.45. The summed E-state index contributed by atoms with van der Waals surface area (Å²) >= 11 is 0. The molecule has 14 heteroatoms. The van der Waals surface area contributed by atoms with Gasteiger partial charge in [0.15, 0.2) is 5.78 Å². The van der Waals surface area contributed by atoms with Gasteiger partial charge in [0.1, 0.15) is 23.0 Å². The van der Waals surface area contributed by atoms with Crippen molar-refractivity contribution in [3.63, 3.8) is 0 Å². The minimum absolute atomic E-state index is 0.0151. The molecule has 1 heterocycles. The van der Waals surface area contributed by atoms with E-state index < -0.39 is 36.5 Å². The number of carbonyl (C=O) groups excluding carboxylic acids is 2. The van der Waals surface area contributed by atoms with Gasteiger partial charge in [0.05, 0.1) is 32.4 Å². The predicted molar refractivity (Wildman–Crippen MR) is 152 cm³/mol. The van der Waals surface area contributed by atoms with Gasteiger partial charge < -0.3 is 24.6 Å².